The molecule has 0 aliphatic rings. The quantitative estimate of drug-likeness (QED) is 0.823. The third-order valence-corrected chi connectivity index (χ3v) is 3.79. The maximum atomic E-state index is 13.6. The van der Waals surface area contributed by atoms with Crippen molar-refractivity contribution in [2.45, 2.75) is 25.8 Å². The number of aryl methyl sites for hydroxylation is 1. The van der Waals surface area contributed by atoms with Crippen molar-refractivity contribution in [2.24, 2.45) is 0 Å². The first-order valence-corrected chi connectivity index (χ1v) is 7.65. The second-order valence-electron chi connectivity index (χ2n) is 4.92. The first-order valence-electron chi connectivity index (χ1n) is 6.86. The van der Waals surface area contributed by atoms with E-state index in [1.54, 1.807) is 6.07 Å². The monoisotopic (exact) mass is 335 g/mol. The Kier molecular flexibility index (Phi) is 5.32. The van der Waals surface area contributed by atoms with E-state index >= 15 is 0 Å². The molecule has 0 saturated heterocycles. The Bertz CT molecular complexity index is 563. The maximum absolute atomic E-state index is 13.6. The Morgan fingerprint density at radius 2 is 1.95 bits per heavy atom. The van der Waals surface area contributed by atoms with Crippen LogP contribution in [-0.4, -0.2) is 7.05 Å². The van der Waals surface area contributed by atoms with Crippen molar-refractivity contribution in [1.82, 2.24) is 5.32 Å². The third kappa shape index (κ3) is 3.68. The van der Waals surface area contributed by atoms with Crippen LogP contribution in [0, 0.1) is 5.82 Å². The van der Waals surface area contributed by atoms with E-state index in [1.165, 1.54) is 11.6 Å². The molecule has 1 unspecified atom stereocenters. The highest BCUT2D eigenvalue weighted by atomic mass is 79.9. The molecule has 0 aliphatic heterocycles. The van der Waals surface area contributed by atoms with Gasteiger partial charge in [0, 0.05) is 4.47 Å². The molecule has 1 nitrogen and oxygen atoms in total. The van der Waals surface area contributed by atoms with Crippen LogP contribution in [0.25, 0.3) is 0 Å². The Balaban J connectivity index is 2.38. The highest BCUT2D eigenvalue weighted by Gasteiger charge is 2.14. The summed E-state index contributed by atoms with van der Waals surface area (Å²) in [5, 5.41) is 3.27. The highest BCUT2D eigenvalue weighted by molar-refractivity contribution is 9.10. The second-order valence-corrected chi connectivity index (χ2v) is 5.84. The molecule has 3 heteroatoms. The largest absolute Gasteiger partial charge is 0.309 e. The zero-order valence-corrected chi connectivity index (χ0v) is 13.4. The molecule has 0 aromatic heterocycles. The van der Waals surface area contributed by atoms with Gasteiger partial charge in [-0.2, -0.15) is 0 Å². The van der Waals surface area contributed by atoms with Crippen LogP contribution in [0.15, 0.2) is 46.9 Å². The Morgan fingerprint density at radius 1 is 1.15 bits per heavy atom. The van der Waals surface area contributed by atoms with Crippen molar-refractivity contribution >= 4 is 15.9 Å². The minimum Gasteiger partial charge on any atom is -0.309 e. The maximum Gasteiger partial charge on any atom is 0.124 e. The summed E-state index contributed by atoms with van der Waals surface area (Å²) in [6.45, 7) is 2.17. The number of halogens is 2. The summed E-state index contributed by atoms with van der Waals surface area (Å²) in [4.78, 5) is 0. The summed E-state index contributed by atoms with van der Waals surface area (Å²) in [7, 11) is 1.90. The van der Waals surface area contributed by atoms with Gasteiger partial charge >= 0.3 is 0 Å². The van der Waals surface area contributed by atoms with E-state index in [1.807, 2.05) is 13.1 Å². The van der Waals surface area contributed by atoms with Gasteiger partial charge in [-0.3, -0.25) is 0 Å². The summed E-state index contributed by atoms with van der Waals surface area (Å²) in [5.74, 6) is -0.223. The molecule has 106 valence electrons. The number of nitrogens with one attached hydrogen (secondary N) is 1. The average Bonchev–Trinajstić information content (AvgIpc) is 2.39. The molecule has 2 aromatic carbocycles. The standard InChI is InChI=1S/C17H19BrFN/c1-3-5-12-6-4-7-13(8-12)17(20-2)14-9-15(18)11-16(19)10-14/h4,6-11,17,20H,3,5H2,1-2H3. The third-order valence-electron chi connectivity index (χ3n) is 3.33. The van der Waals surface area contributed by atoms with Gasteiger partial charge in [0.1, 0.15) is 5.82 Å². The molecule has 0 spiro atoms. The lowest BCUT2D eigenvalue weighted by molar-refractivity contribution is 0.615. The van der Waals surface area contributed by atoms with Crippen LogP contribution in [0.2, 0.25) is 0 Å². The van der Waals surface area contributed by atoms with E-state index in [-0.39, 0.29) is 11.9 Å². The summed E-state index contributed by atoms with van der Waals surface area (Å²) in [6.07, 6.45) is 2.19. The van der Waals surface area contributed by atoms with Crippen LogP contribution in [0.1, 0.15) is 36.1 Å². The van der Waals surface area contributed by atoms with Gasteiger partial charge in [-0.1, -0.05) is 53.5 Å². The number of hydrogen-bond acceptors (Lipinski definition) is 1. The van der Waals surface area contributed by atoms with E-state index < -0.39 is 0 Å². The first-order chi connectivity index (χ1) is 9.63. The van der Waals surface area contributed by atoms with Gasteiger partial charge in [-0.05, 0) is 48.4 Å². The fourth-order valence-electron chi connectivity index (χ4n) is 2.48. The number of hydrogen-bond donors (Lipinski definition) is 1. The molecule has 0 fully saturated rings. The minimum absolute atomic E-state index is 0.00111. The van der Waals surface area contributed by atoms with E-state index in [0.29, 0.717) is 0 Å². The lowest BCUT2D eigenvalue weighted by Gasteiger charge is -2.18. The van der Waals surface area contributed by atoms with E-state index in [4.69, 9.17) is 0 Å². The van der Waals surface area contributed by atoms with Gasteiger partial charge in [-0.25, -0.2) is 4.39 Å². The van der Waals surface area contributed by atoms with Gasteiger partial charge in [0.05, 0.1) is 6.04 Å². The summed E-state index contributed by atoms with van der Waals surface area (Å²) >= 11 is 3.35. The van der Waals surface area contributed by atoms with Gasteiger partial charge in [0.25, 0.3) is 0 Å². The van der Waals surface area contributed by atoms with Crippen molar-refractivity contribution in [1.29, 1.82) is 0 Å². The van der Waals surface area contributed by atoms with Crippen LogP contribution in [0.3, 0.4) is 0 Å². The Labute approximate surface area is 128 Å². The summed E-state index contributed by atoms with van der Waals surface area (Å²) in [6, 6.07) is 13.5. The molecule has 0 bridgehead atoms. The van der Waals surface area contributed by atoms with Crippen molar-refractivity contribution in [3.8, 4) is 0 Å². The van der Waals surface area contributed by atoms with Crippen molar-refractivity contribution in [3.05, 3.63) is 69.4 Å². The van der Waals surface area contributed by atoms with E-state index in [9.17, 15) is 4.39 Å². The molecular weight excluding hydrogens is 317 g/mol. The molecule has 1 atom stereocenters. The molecule has 2 aromatic rings. The lowest BCUT2D eigenvalue weighted by atomic mass is 9.96. The van der Waals surface area contributed by atoms with Gasteiger partial charge in [-0.15, -0.1) is 0 Å². The molecule has 0 aliphatic carbocycles. The van der Waals surface area contributed by atoms with E-state index in [2.05, 4.69) is 52.4 Å². The molecule has 0 saturated carbocycles. The van der Waals surface area contributed by atoms with E-state index in [0.717, 1.165) is 28.4 Å². The molecular formula is C17H19BrFN. The zero-order valence-electron chi connectivity index (χ0n) is 11.8. The second kappa shape index (κ2) is 7.00. The predicted molar refractivity (Wildman–Crippen MR) is 85.4 cm³/mol. The van der Waals surface area contributed by atoms with Crippen LogP contribution in [-0.2, 0) is 6.42 Å². The van der Waals surface area contributed by atoms with Crippen LogP contribution < -0.4 is 5.32 Å². The van der Waals surface area contributed by atoms with Crippen LogP contribution in [0.4, 0.5) is 4.39 Å². The average molecular weight is 336 g/mol. The SMILES string of the molecule is CCCc1cccc(C(NC)c2cc(F)cc(Br)c2)c1. The van der Waals surface area contributed by atoms with Crippen molar-refractivity contribution in [3.63, 3.8) is 0 Å². The molecule has 2 rings (SSSR count). The normalized spacial score (nSPS) is 12.4. The Morgan fingerprint density at radius 3 is 2.60 bits per heavy atom. The lowest BCUT2D eigenvalue weighted by Crippen LogP contribution is -2.18. The Hall–Kier alpha value is -1.19. The smallest absolute Gasteiger partial charge is 0.124 e. The van der Waals surface area contributed by atoms with Crippen molar-refractivity contribution < 1.29 is 4.39 Å². The predicted octanol–water partition coefficient (Wildman–Crippen LogP) is 4.85. The number of rotatable bonds is 5. The van der Waals surface area contributed by atoms with Gasteiger partial charge in [0.2, 0.25) is 0 Å². The summed E-state index contributed by atoms with van der Waals surface area (Å²) in [5.41, 5.74) is 3.41. The highest BCUT2D eigenvalue weighted by Crippen LogP contribution is 2.26. The number of benzene rings is 2. The van der Waals surface area contributed by atoms with Gasteiger partial charge < -0.3 is 5.32 Å². The van der Waals surface area contributed by atoms with Crippen molar-refractivity contribution in [2.75, 3.05) is 7.05 Å². The van der Waals surface area contributed by atoms with Crippen LogP contribution >= 0.6 is 15.9 Å². The minimum atomic E-state index is -0.223. The first kappa shape index (κ1) is 15.2. The fraction of sp³-hybridized carbons (Fsp3) is 0.294. The fourth-order valence-corrected chi connectivity index (χ4v) is 2.97. The van der Waals surface area contributed by atoms with Gasteiger partial charge in [0.15, 0.2) is 0 Å². The topological polar surface area (TPSA) is 12.0 Å². The molecule has 0 amide bonds. The molecule has 0 radical (unpaired) electrons. The summed E-state index contributed by atoms with van der Waals surface area (Å²) < 4.78 is 14.3. The molecule has 0 heterocycles. The van der Waals surface area contributed by atoms with Crippen LogP contribution in [0.5, 0.6) is 0 Å². The zero-order chi connectivity index (χ0) is 14.5. The molecule has 1 N–H and O–H groups in total. The molecule has 20 heavy (non-hydrogen) atoms.